The third-order valence-corrected chi connectivity index (χ3v) is 3.78. The molecule has 148 valence electrons. The first-order valence-electron chi connectivity index (χ1n) is 7.96. The molecule has 0 aliphatic rings. The molecule has 0 aliphatic carbocycles. The zero-order valence-electron chi connectivity index (χ0n) is 14.4. The van der Waals surface area contributed by atoms with Gasteiger partial charge in [-0.3, -0.25) is 9.59 Å². The number of carbonyl (C=O) groups is 3. The minimum absolute atomic E-state index is 0.313. The van der Waals surface area contributed by atoms with E-state index < -0.39 is 42.2 Å². The number of carbonyl (C=O) groups excluding carboxylic acids is 3. The van der Waals surface area contributed by atoms with E-state index in [0.29, 0.717) is 10.6 Å². The molecule has 0 unspecified atom stereocenters. The van der Waals surface area contributed by atoms with Crippen LogP contribution in [0, 0.1) is 11.6 Å². The molecule has 2 aromatic carbocycles. The topological polar surface area (TPSA) is 111 Å². The minimum Gasteiger partial charge on any atom is -0.455 e. The monoisotopic (exact) mass is 411 g/mol. The lowest BCUT2D eigenvalue weighted by molar-refractivity contribution is -0.147. The number of rotatable bonds is 7. The van der Waals surface area contributed by atoms with Crippen molar-refractivity contribution in [3.05, 3.63) is 64.7 Å². The highest BCUT2D eigenvalue weighted by Gasteiger charge is 2.19. The molecule has 7 nitrogen and oxygen atoms in total. The van der Waals surface area contributed by atoms with Crippen LogP contribution in [0.25, 0.3) is 0 Å². The Kier molecular flexibility index (Phi) is 7.28. The smallest absolute Gasteiger partial charge is 0.312 e. The largest absolute Gasteiger partial charge is 0.455 e. The molecule has 0 heterocycles. The summed E-state index contributed by atoms with van der Waals surface area (Å²) in [5.41, 5.74) is 5.28. The number of hydrogen-bond donors (Lipinski definition) is 3. The number of amides is 3. The molecule has 0 saturated carbocycles. The number of esters is 1. The van der Waals surface area contributed by atoms with Gasteiger partial charge in [0.25, 0.3) is 5.91 Å². The third-order valence-electron chi connectivity index (χ3n) is 3.53. The molecule has 4 N–H and O–H groups in total. The van der Waals surface area contributed by atoms with Crippen LogP contribution >= 0.6 is 11.6 Å². The Hall–Kier alpha value is -3.20. The van der Waals surface area contributed by atoms with Gasteiger partial charge in [-0.15, -0.1) is 0 Å². The Morgan fingerprint density at radius 1 is 1.11 bits per heavy atom. The second-order valence-corrected chi connectivity index (χ2v) is 6.09. The molecule has 0 aliphatic heterocycles. The van der Waals surface area contributed by atoms with Gasteiger partial charge in [0, 0.05) is 11.1 Å². The van der Waals surface area contributed by atoms with Gasteiger partial charge >= 0.3 is 12.0 Å². The zero-order valence-corrected chi connectivity index (χ0v) is 15.1. The fraction of sp³-hybridized carbons (Fsp3) is 0.167. The van der Waals surface area contributed by atoms with Crippen molar-refractivity contribution in [1.82, 2.24) is 5.32 Å². The van der Waals surface area contributed by atoms with Gasteiger partial charge < -0.3 is 21.1 Å². The predicted molar refractivity (Wildman–Crippen MR) is 97.5 cm³/mol. The second kappa shape index (κ2) is 9.65. The van der Waals surface area contributed by atoms with Crippen molar-refractivity contribution in [2.45, 2.75) is 12.5 Å². The quantitative estimate of drug-likeness (QED) is 0.608. The molecule has 3 amide bonds. The molecule has 0 saturated heterocycles. The Morgan fingerprint density at radius 2 is 1.79 bits per heavy atom. The summed E-state index contributed by atoms with van der Waals surface area (Å²) in [6.07, 6.45) is -0.313. The maximum absolute atomic E-state index is 13.5. The van der Waals surface area contributed by atoms with E-state index in [4.69, 9.17) is 22.1 Å². The molecule has 0 fully saturated rings. The molecule has 0 bridgehead atoms. The normalized spacial score (nSPS) is 11.4. The lowest BCUT2D eigenvalue weighted by Crippen LogP contribution is -2.35. The zero-order chi connectivity index (χ0) is 20.7. The molecule has 2 rings (SSSR count). The minimum atomic E-state index is -0.858. The van der Waals surface area contributed by atoms with Crippen molar-refractivity contribution in [1.29, 1.82) is 0 Å². The van der Waals surface area contributed by atoms with Crippen molar-refractivity contribution in [3.8, 4) is 0 Å². The Bertz CT molecular complexity index is 878. The van der Waals surface area contributed by atoms with Gasteiger partial charge in [-0.2, -0.15) is 0 Å². The lowest BCUT2D eigenvalue weighted by atomic mass is 10.0. The number of halogens is 3. The van der Waals surface area contributed by atoms with Crippen molar-refractivity contribution in [3.63, 3.8) is 0 Å². The van der Waals surface area contributed by atoms with Gasteiger partial charge in [-0.05, 0) is 29.8 Å². The third kappa shape index (κ3) is 6.51. The fourth-order valence-corrected chi connectivity index (χ4v) is 2.40. The van der Waals surface area contributed by atoms with Crippen LogP contribution in [0.2, 0.25) is 5.02 Å². The molecule has 28 heavy (non-hydrogen) atoms. The van der Waals surface area contributed by atoms with Gasteiger partial charge in [-0.25, -0.2) is 13.6 Å². The molecular weight excluding hydrogens is 396 g/mol. The lowest BCUT2D eigenvalue weighted by Gasteiger charge is -2.17. The van der Waals surface area contributed by atoms with Crippen LogP contribution < -0.4 is 16.4 Å². The number of hydrogen-bond acceptors (Lipinski definition) is 4. The van der Waals surface area contributed by atoms with Crippen LogP contribution in [0.15, 0.2) is 42.5 Å². The van der Waals surface area contributed by atoms with E-state index in [2.05, 4.69) is 10.6 Å². The van der Waals surface area contributed by atoms with Crippen molar-refractivity contribution >= 4 is 35.2 Å². The second-order valence-electron chi connectivity index (χ2n) is 5.65. The summed E-state index contributed by atoms with van der Waals surface area (Å²) in [5, 5.41) is 4.95. The molecule has 2 aromatic rings. The summed E-state index contributed by atoms with van der Waals surface area (Å²) in [7, 11) is 0. The summed E-state index contributed by atoms with van der Waals surface area (Å²) in [6, 6.07) is 7.21. The summed E-state index contributed by atoms with van der Waals surface area (Å²) in [5.74, 6) is -3.25. The molecule has 0 aromatic heterocycles. The number of primary amides is 1. The Labute approximate surface area is 163 Å². The first-order chi connectivity index (χ1) is 13.2. The molecule has 0 radical (unpaired) electrons. The average molecular weight is 412 g/mol. The van der Waals surface area contributed by atoms with E-state index in [1.807, 2.05) is 0 Å². The first-order valence-corrected chi connectivity index (χ1v) is 8.34. The maximum atomic E-state index is 13.5. The number of urea groups is 1. The van der Waals surface area contributed by atoms with Crippen molar-refractivity contribution in [2.75, 3.05) is 11.9 Å². The predicted octanol–water partition coefficient (Wildman–Crippen LogP) is 2.90. The number of anilines is 1. The first kappa shape index (κ1) is 21.1. The fourth-order valence-electron chi connectivity index (χ4n) is 2.27. The van der Waals surface area contributed by atoms with E-state index in [9.17, 15) is 23.2 Å². The average Bonchev–Trinajstić information content (AvgIpc) is 2.63. The standard InChI is InChI=1S/C18H16ClF2N3O4/c19-11-3-1-10(2-4-11)14(24-18(22)27)8-17(26)28-9-16(25)23-15-7-12(20)5-6-13(15)21/h1-7,14H,8-9H2,(H,23,25)(H3,22,24,27)/t14-/m1/s1. The van der Waals surface area contributed by atoms with E-state index >= 15 is 0 Å². The van der Waals surface area contributed by atoms with Crippen molar-refractivity contribution in [2.24, 2.45) is 5.73 Å². The maximum Gasteiger partial charge on any atom is 0.312 e. The highest BCUT2D eigenvalue weighted by Crippen LogP contribution is 2.20. The number of nitrogens with one attached hydrogen (secondary N) is 2. The van der Waals surface area contributed by atoms with Gasteiger partial charge in [0.15, 0.2) is 6.61 Å². The summed E-state index contributed by atoms with van der Waals surface area (Å²) >= 11 is 5.80. The molecular formula is C18H16ClF2N3O4. The van der Waals surface area contributed by atoms with Crippen LogP contribution in [0.1, 0.15) is 18.0 Å². The highest BCUT2D eigenvalue weighted by atomic mass is 35.5. The van der Waals surface area contributed by atoms with Gasteiger partial charge in [-0.1, -0.05) is 23.7 Å². The van der Waals surface area contributed by atoms with Crippen LogP contribution in [0.4, 0.5) is 19.3 Å². The summed E-state index contributed by atoms with van der Waals surface area (Å²) < 4.78 is 31.4. The van der Waals surface area contributed by atoms with Crippen LogP contribution in [0.3, 0.4) is 0 Å². The Morgan fingerprint density at radius 3 is 2.43 bits per heavy atom. The number of benzene rings is 2. The summed E-state index contributed by atoms with van der Waals surface area (Å²) in [6.45, 7) is -0.724. The van der Waals surface area contributed by atoms with Crippen LogP contribution in [-0.4, -0.2) is 24.5 Å². The molecule has 1 atom stereocenters. The SMILES string of the molecule is NC(=O)N[C@H](CC(=O)OCC(=O)Nc1cc(F)ccc1F)c1ccc(Cl)cc1. The van der Waals surface area contributed by atoms with E-state index in [1.165, 1.54) is 0 Å². The summed E-state index contributed by atoms with van der Waals surface area (Å²) in [4.78, 5) is 34.9. The van der Waals surface area contributed by atoms with Crippen molar-refractivity contribution < 1.29 is 27.9 Å². The number of ether oxygens (including phenoxy) is 1. The molecule has 0 spiro atoms. The molecule has 10 heteroatoms. The van der Waals surface area contributed by atoms with Gasteiger partial charge in [0.1, 0.15) is 11.6 Å². The van der Waals surface area contributed by atoms with E-state index in [0.717, 1.165) is 18.2 Å². The van der Waals surface area contributed by atoms with Crippen LogP contribution in [-0.2, 0) is 14.3 Å². The Balaban J connectivity index is 1.93. The van der Waals surface area contributed by atoms with Crippen LogP contribution in [0.5, 0.6) is 0 Å². The van der Waals surface area contributed by atoms with E-state index in [1.54, 1.807) is 24.3 Å². The highest BCUT2D eigenvalue weighted by molar-refractivity contribution is 6.30. The number of nitrogens with two attached hydrogens (primary N) is 1. The van der Waals surface area contributed by atoms with E-state index in [-0.39, 0.29) is 12.1 Å². The van der Waals surface area contributed by atoms with Gasteiger partial charge in [0.2, 0.25) is 0 Å². The van der Waals surface area contributed by atoms with Gasteiger partial charge in [0.05, 0.1) is 18.2 Å².